The van der Waals surface area contributed by atoms with E-state index < -0.39 is 0 Å². The smallest absolute Gasteiger partial charge is 0.108 e. The van der Waals surface area contributed by atoms with Crippen molar-refractivity contribution in [3.63, 3.8) is 0 Å². The maximum absolute atomic E-state index is 8.79. The summed E-state index contributed by atoms with van der Waals surface area (Å²) in [4.78, 5) is 0. The summed E-state index contributed by atoms with van der Waals surface area (Å²) in [6.07, 6.45) is 2.73. The van der Waals surface area contributed by atoms with Gasteiger partial charge in [-0.3, -0.25) is 4.68 Å². The van der Waals surface area contributed by atoms with Gasteiger partial charge in [0.15, 0.2) is 0 Å². The minimum atomic E-state index is -0.0432. The van der Waals surface area contributed by atoms with Crippen molar-refractivity contribution in [2.45, 2.75) is 19.6 Å². The summed E-state index contributed by atoms with van der Waals surface area (Å²) < 4.78 is 1.75. The molecule has 2 aromatic rings. The standard InChI is InChI=1S/C9H11N3OS/c13-6-9-5-12(11-10-9)3-1-8-2-4-14-7-8/h2,4-5,7,13H,1,3,6H2. The molecule has 0 amide bonds. The van der Waals surface area contributed by atoms with Gasteiger partial charge in [-0.25, -0.2) is 0 Å². The number of nitrogens with zero attached hydrogens (tertiary/aromatic N) is 3. The number of hydrogen-bond acceptors (Lipinski definition) is 4. The van der Waals surface area contributed by atoms with Gasteiger partial charge in [-0.05, 0) is 28.8 Å². The molecule has 0 spiro atoms. The van der Waals surface area contributed by atoms with E-state index in [2.05, 4.69) is 27.1 Å². The Morgan fingerprint density at radius 2 is 2.43 bits per heavy atom. The highest BCUT2D eigenvalue weighted by molar-refractivity contribution is 7.07. The number of aliphatic hydroxyl groups is 1. The Morgan fingerprint density at radius 1 is 1.50 bits per heavy atom. The Bertz CT molecular complexity index is 382. The second-order valence-electron chi connectivity index (χ2n) is 3.01. The predicted molar refractivity (Wildman–Crippen MR) is 54.0 cm³/mol. The largest absolute Gasteiger partial charge is 0.390 e. The van der Waals surface area contributed by atoms with Gasteiger partial charge in [0.25, 0.3) is 0 Å². The highest BCUT2D eigenvalue weighted by Crippen LogP contribution is 2.07. The molecule has 2 aromatic heterocycles. The molecule has 14 heavy (non-hydrogen) atoms. The van der Waals surface area contributed by atoms with Crippen LogP contribution in [0.1, 0.15) is 11.3 Å². The molecule has 0 saturated carbocycles. The molecule has 2 heterocycles. The zero-order chi connectivity index (χ0) is 9.80. The van der Waals surface area contributed by atoms with Gasteiger partial charge in [0.2, 0.25) is 0 Å². The van der Waals surface area contributed by atoms with Gasteiger partial charge in [0.05, 0.1) is 12.8 Å². The highest BCUT2D eigenvalue weighted by Gasteiger charge is 1.99. The zero-order valence-corrected chi connectivity index (χ0v) is 8.44. The van der Waals surface area contributed by atoms with Crippen LogP contribution < -0.4 is 0 Å². The van der Waals surface area contributed by atoms with Crippen LogP contribution in [0.2, 0.25) is 0 Å². The maximum Gasteiger partial charge on any atom is 0.108 e. The molecule has 0 saturated heterocycles. The summed E-state index contributed by atoms with van der Waals surface area (Å²) in [5.41, 5.74) is 1.94. The SMILES string of the molecule is OCc1cn(CCc2ccsc2)nn1. The monoisotopic (exact) mass is 209 g/mol. The van der Waals surface area contributed by atoms with Crippen molar-refractivity contribution >= 4 is 11.3 Å². The van der Waals surface area contributed by atoms with Crippen LogP contribution in [0, 0.1) is 0 Å². The summed E-state index contributed by atoms with van der Waals surface area (Å²) in [5.74, 6) is 0. The summed E-state index contributed by atoms with van der Waals surface area (Å²) >= 11 is 1.70. The molecule has 0 fully saturated rings. The first kappa shape index (κ1) is 9.36. The number of thiophene rings is 1. The van der Waals surface area contributed by atoms with E-state index in [0.29, 0.717) is 5.69 Å². The molecular weight excluding hydrogens is 198 g/mol. The van der Waals surface area contributed by atoms with Gasteiger partial charge in [-0.15, -0.1) is 5.10 Å². The van der Waals surface area contributed by atoms with Crippen molar-refractivity contribution in [3.8, 4) is 0 Å². The van der Waals surface area contributed by atoms with Gasteiger partial charge in [-0.2, -0.15) is 11.3 Å². The minimum absolute atomic E-state index is 0.0432. The third kappa shape index (κ3) is 2.18. The lowest BCUT2D eigenvalue weighted by atomic mass is 10.2. The van der Waals surface area contributed by atoms with Crippen LogP contribution >= 0.6 is 11.3 Å². The first-order chi connectivity index (χ1) is 6.88. The lowest BCUT2D eigenvalue weighted by Gasteiger charge is -1.96. The van der Waals surface area contributed by atoms with Crippen molar-refractivity contribution in [2.24, 2.45) is 0 Å². The van der Waals surface area contributed by atoms with Crippen LogP contribution in [0.15, 0.2) is 23.0 Å². The fraction of sp³-hybridized carbons (Fsp3) is 0.333. The summed E-state index contributed by atoms with van der Waals surface area (Å²) in [7, 11) is 0. The molecular formula is C9H11N3OS. The topological polar surface area (TPSA) is 50.9 Å². The van der Waals surface area contributed by atoms with Crippen molar-refractivity contribution in [2.75, 3.05) is 0 Å². The minimum Gasteiger partial charge on any atom is -0.390 e. The van der Waals surface area contributed by atoms with Crippen molar-refractivity contribution in [1.82, 2.24) is 15.0 Å². The van der Waals surface area contributed by atoms with E-state index in [1.54, 1.807) is 22.2 Å². The molecule has 2 rings (SSSR count). The van der Waals surface area contributed by atoms with E-state index in [4.69, 9.17) is 5.11 Å². The van der Waals surface area contributed by atoms with Gasteiger partial charge >= 0.3 is 0 Å². The molecule has 0 aliphatic rings. The van der Waals surface area contributed by atoms with Crippen molar-refractivity contribution in [3.05, 3.63) is 34.3 Å². The Hall–Kier alpha value is -1.20. The average Bonchev–Trinajstić information content (AvgIpc) is 2.86. The van der Waals surface area contributed by atoms with E-state index in [9.17, 15) is 0 Å². The quantitative estimate of drug-likeness (QED) is 0.819. The van der Waals surface area contributed by atoms with E-state index in [0.717, 1.165) is 13.0 Å². The summed E-state index contributed by atoms with van der Waals surface area (Å²) in [5, 5.41) is 20.7. The molecule has 0 aliphatic heterocycles. The van der Waals surface area contributed by atoms with Crippen LogP contribution in [0.3, 0.4) is 0 Å². The lowest BCUT2D eigenvalue weighted by Crippen LogP contribution is -2.01. The maximum atomic E-state index is 8.79. The number of aromatic nitrogens is 3. The molecule has 0 aromatic carbocycles. The van der Waals surface area contributed by atoms with Crippen molar-refractivity contribution < 1.29 is 5.11 Å². The van der Waals surface area contributed by atoms with Crippen LogP contribution in [0.5, 0.6) is 0 Å². The zero-order valence-electron chi connectivity index (χ0n) is 7.63. The van der Waals surface area contributed by atoms with Gasteiger partial charge in [0.1, 0.15) is 5.69 Å². The van der Waals surface area contributed by atoms with Crippen LogP contribution in [0.4, 0.5) is 0 Å². The van der Waals surface area contributed by atoms with Gasteiger partial charge < -0.3 is 5.11 Å². The Morgan fingerprint density at radius 3 is 3.07 bits per heavy atom. The van der Waals surface area contributed by atoms with Crippen molar-refractivity contribution in [1.29, 1.82) is 0 Å². The number of aliphatic hydroxyl groups excluding tert-OH is 1. The second-order valence-corrected chi connectivity index (χ2v) is 3.79. The summed E-state index contributed by atoms with van der Waals surface area (Å²) in [6.45, 7) is 0.766. The number of rotatable bonds is 4. The molecule has 0 radical (unpaired) electrons. The first-order valence-electron chi connectivity index (χ1n) is 4.39. The molecule has 0 bridgehead atoms. The molecule has 0 atom stereocenters. The molecule has 1 N–H and O–H groups in total. The van der Waals surface area contributed by atoms with E-state index in [1.165, 1.54) is 5.56 Å². The van der Waals surface area contributed by atoms with Crippen LogP contribution in [-0.4, -0.2) is 20.1 Å². The van der Waals surface area contributed by atoms with E-state index in [-0.39, 0.29) is 6.61 Å². The molecule has 74 valence electrons. The number of hydrogen-bond donors (Lipinski definition) is 1. The third-order valence-electron chi connectivity index (χ3n) is 1.96. The predicted octanol–water partition coefficient (Wildman–Crippen LogP) is 1.07. The average molecular weight is 209 g/mol. The molecule has 0 aliphatic carbocycles. The Balaban J connectivity index is 1.92. The Labute approximate surface area is 85.8 Å². The normalized spacial score (nSPS) is 10.6. The first-order valence-corrected chi connectivity index (χ1v) is 5.33. The third-order valence-corrected chi connectivity index (χ3v) is 2.69. The summed E-state index contributed by atoms with van der Waals surface area (Å²) in [6, 6.07) is 2.11. The highest BCUT2D eigenvalue weighted by atomic mass is 32.1. The molecule has 4 nitrogen and oxygen atoms in total. The fourth-order valence-electron chi connectivity index (χ4n) is 1.20. The van der Waals surface area contributed by atoms with Crippen LogP contribution in [-0.2, 0) is 19.6 Å². The Kier molecular flexibility index (Phi) is 2.90. The van der Waals surface area contributed by atoms with E-state index >= 15 is 0 Å². The van der Waals surface area contributed by atoms with Gasteiger partial charge in [-0.1, -0.05) is 5.21 Å². The lowest BCUT2D eigenvalue weighted by molar-refractivity contribution is 0.276. The fourth-order valence-corrected chi connectivity index (χ4v) is 1.90. The van der Waals surface area contributed by atoms with E-state index in [1.807, 2.05) is 0 Å². The molecule has 0 unspecified atom stereocenters. The second kappa shape index (κ2) is 4.34. The van der Waals surface area contributed by atoms with Gasteiger partial charge in [0, 0.05) is 6.54 Å². The van der Waals surface area contributed by atoms with Crippen LogP contribution in [0.25, 0.3) is 0 Å². The number of aryl methyl sites for hydroxylation is 2. The molecule has 5 heteroatoms.